The lowest BCUT2D eigenvalue weighted by atomic mass is 9.81. The predicted octanol–water partition coefficient (Wildman–Crippen LogP) is 22.6. The maximum atomic E-state index is 2.40. The molecule has 16 aromatic carbocycles. The first-order chi connectivity index (χ1) is 39.7. The van der Waals surface area contributed by atoms with E-state index in [9.17, 15) is 0 Å². The standard InChI is InChI=1S/C78H48.C2H6/c1-3-21-59(55(19-1)57-43-39-53-37-31-47-15-13-17-49-41-45-69(57)75(53)71(47)49)77-65-27-9-5-23-61(65)73(62-24-6-10-28-66(62)77)51-33-35-52(36-34-51)74-63-25-7-11-29-67(63)78(68-30-12-8-26-64(68)74)60-22-4-2-20-56(60)58-44-40-54-38-32-48-16-14-18-50-42-46-70(58)76(54)72(48)50;1-2/h1-31,33-37,39-46H,32,38H2;1-2H3. The Bertz CT molecular complexity index is 5060. The van der Waals surface area contributed by atoms with Crippen LogP contribution in [-0.4, -0.2) is 0 Å². The highest BCUT2D eigenvalue weighted by atomic mass is 14.3. The first-order valence-electron chi connectivity index (χ1n) is 28.5. The van der Waals surface area contributed by atoms with Crippen LogP contribution in [0.15, 0.2) is 267 Å². The highest BCUT2D eigenvalue weighted by molar-refractivity contribution is 6.28. The molecular weight excluding hydrogens is 961 g/mol. The molecule has 80 heavy (non-hydrogen) atoms. The fraction of sp³-hybridized carbons (Fsp3) is 0.0500. The molecule has 0 amide bonds. The van der Waals surface area contributed by atoms with Crippen molar-refractivity contribution in [2.45, 2.75) is 26.7 Å². The number of benzene rings is 16. The lowest BCUT2D eigenvalue weighted by Gasteiger charge is -2.23. The average Bonchev–Trinajstić information content (AvgIpc) is 3.68. The normalized spacial score (nSPS) is 12.3. The van der Waals surface area contributed by atoms with Gasteiger partial charge in [-0.2, -0.15) is 0 Å². The summed E-state index contributed by atoms with van der Waals surface area (Å²) in [7, 11) is 0. The van der Waals surface area contributed by atoms with E-state index in [1.165, 1.54) is 175 Å². The summed E-state index contributed by atoms with van der Waals surface area (Å²) in [5.41, 5.74) is 17.9. The molecule has 0 unspecified atom stereocenters. The van der Waals surface area contributed by atoms with Gasteiger partial charge in [0.25, 0.3) is 0 Å². The monoisotopic (exact) mass is 1010 g/mol. The zero-order valence-electron chi connectivity index (χ0n) is 44.8. The van der Waals surface area contributed by atoms with Crippen LogP contribution < -0.4 is 0 Å². The molecule has 0 heteroatoms. The van der Waals surface area contributed by atoms with Gasteiger partial charge in [0, 0.05) is 0 Å². The molecule has 1 aliphatic rings. The van der Waals surface area contributed by atoms with E-state index in [0.717, 1.165) is 12.8 Å². The first kappa shape index (κ1) is 46.2. The van der Waals surface area contributed by atoms with E-state index < -0.39 is 0 Å². The van der Waals surface area contributed by atoms with Crippen molar-refractivity contribution >= 4 is 97.0 Å². The molecule has 0 bridgehead atoms. The van der Waals surface area contributed by atoms with Crippen molar-refractivity contribution in [2.75, 3.05) is 0 Å². The van der Waals surface area contributed by atoms with Gasteiger partial charge in [-0.15, -0.1) is 0 Å². The van der Waals surface area contributed by atoms with E-state index in [1.54, 1.807) is 0 Å². The average molecular weight is 1020 g/mol. The van der Waals surface area contributed by atoms with Crippen LogP contribution in [0, 0.1) is 0 Å². The molecule has 0 aliphatic heterocycles. The summed E-state index contributed by atoms with van der Waals surface area (Å²) in [6.45, 7) is 4.00. The van der Waals surface area contributed by atoms with E-state index in [2.05, 4.69) is 267 Å². The van der Waals surface area contributed by atoms with Crippen LogP contribution in [0.25, 0.3) is 164 Å². The number of hydrogen-bond acceptors (Lipinski definition) is 0. The second-order valence-electron chi connectivity index (χ2n) is 21.6. The molecule has 0 saturated carbocycles. The molecule has 374 valence electrons. The van der Waals surface area contributed by atoms with E-state index in [1.807, 2.05) is 13.8 Å². The summed E-state index contributed by atoms with van der Waals surface area (Å²) >= 11 is 0. The molecule has 1 aliphatic carbocycles. The lowest BCUT2D eigenvalue weighted by molar-refractivity contribution is 0.968. The maximum absolute atomic E-state index is 2.40. The smallest absolute Gasteiger partial charge is 0.00201 e. The van der Waals surface area contributed by atoms with Crippen molar-refractivity contribution in [1.82, 2.24) is 0 Å². The van der Waals surface area contributed by atoms with Gasteiger partial charge >= 0.3 is 0 Å². The highest BCUT2D eigenvalue weighted by Crippen LogP contribution is 2.51. The zero-order chi connectivity index (χ0) is 53.0. The summed E-state index contributed by atoms with van der Waals surface area (Å²) in [6, 6.07) is 101. The Labute approximate surface area is 465 Å². The molecule has 0 heterocycles. The quantitative estimate of drug-likeness (QED) is 0.115. The summed E-state index contributed by atoms with van der Waals surface area (Å²) < 4.78 is 0. The van der Waals surface area contributed by atoms with Crippen LogP contribution in [0.4, 0.5) is 0 Å². The first-order valence-corrected chi connectivity index (χ1v) is 28.5. The SMILES string of the molecule is CC.c1ccc(-c2ccc3c4c2ccc2cccc(c24)CC3)c(-c2c3ccccc3c(-c3ccc(-c4c5ccccc5c(-c5ccccc5-c5ccc6ccc7cccc8ccc5c6c78)c5ccccc45)cc3)c3ccccc23)c1. The molecule has 16 aromatic rings. The molecule has 0 aromatic heterocycles. The van der Waals surface area contributed by atoms with E-state index in [-0.39, 0.29) is 0 Å². The Hall–Kier alpha value is -9.88. The molecule has 0 fully saturated rings. The third-order valence-electron chi connectivity index (χ3n) is 17.7. The Morgan fingerprint density at radius 3 is 0.975 bits per heavy atom. The highest BCUT2D eigenvalue weighted by Gasteiger charge is 2.24. The Morgan fingerprint density at radius 2 is 0.512 bits per heavy atom. The molecule has 0 radical (unpaired) electrons. The van der Waals surface area contributed by atoms with Gasteiger partial charge in [-0.3, -0.25) is 0 Å². The van der Waals surface area contributed by atoms with Gasteiger partial charge in [0.2, 0.25) is 0 Å². The van der Waals surface area contributed by atoms with E-state index in [0.29, 0.717) is 0 Å². The fourth-order valence-corrected chi connectivity index (χ4v) is 14.4. The van der Waals surface area contributed by atoms with Crippen molar-refractivity contribution in [3.8, 4) is 66.8 Å². The third-order valence-corrected chi connectivity index (χ3v) is 17.7. The van der Waals surface area contributed by atoms with Gasteiger partial charge in [0.15, 0.2) is 0 Å². The summed E-state index contributed by atoms with van der Waals surface area (Å²) in [5.74, 6) is 0. The van der Waals surface area contributed by atoms with Crippen LogP contribution >= 0.6 is 0 Å². The van der Waals surface area contributed by atoms with Crippen molar-refractivity contribution in [3.63, 3.8) is 0 Å². The van der Waals surface area contributed by atoms with Crippen molar-refractivity contribution in [3.05, 3.63) is 278 Å². The maximum Gasteiger partial charge on any atom is -0.00201 e. The van der Waals surface area contributed by atoms with Gasteiger partial charge in [0.1, 0.15) is 0 Å². The van der Waals surface area contributed by atoms with Crippen molar-refractivity contribution < 1.29 is 0 Å². The van der Waals surface area contributed by atoms with Gasteiger partial charge in [0.05, 0.1) is 0 Å². The van der Waals surface area contributed by atoms with Gasteiger partial charge < -0.3 is 0 Å². The summed E-state index contributed by atoms with van der Waals surface area (Å²) in [6.07, 6.45) is 2.17. The molecular formula is C80H54. The second kappa shape index (κ2) is 18.4. The van der Waals surface area contributed by atoms with Crippen LogP contribution in [0.1, 0.15) is 25.0 Å². The Morgan fingerprint density at radius 1 is 0.188 bits per heavy atom. The number of rotatable bonds is 6. The Balaban J connectivity index is 0.00000263. The minimum Gasteiger partial charge on any atom is -0.0683 e. The number of fused-ring (bicyclic) bond motifs is 4. The largest absolute Gasteiger partial charge is 0.0683 e. The van der Waals surface area contributed by atoms with E-state index in [4.69, 9.17) is 0 Å². The van der Waals surface area contributed by atoms with Crippen LogP contribution in [0.3, 0.4) is 0 Å². The zero-order valence-corrected chi connectivity index (χ0v) is 44.8. The number of aryl methyl sites for hydroxylation is 2. The Kier molecular flexibility index (Phi) is 10.6. The van der Waals surface area contributed by atoms with Crippen molar-refractivity contribution in [1.29, 1.82) is 0 Å². The molecule has 0 N–H and O–H groups in total. The van der Waals surface area contributed by atoms with Crippen LogP contribution in [0.5, 0.6) is 0 Å². The van der Waals surface area contributed by atoms with Crippen molar-refractivity contribution in [2.24, 2.45) is 0 Å². The third kappa shape index (κ3) is 6.82. The number of hydrogen-bond donors (Lipinski definition) is 0. The van der Waals surface area contributed by atoms with Crippen LogP contribution in [0.2, 0.25) is 0 Å². The second-order valence-corrected chi connectivity index (χ2v) is 21.6. The van der Waals surface area contributed by atoms with Gasteiger partial charge in [-0.1, -0.05) is 281 Å². The summed E-state index contributed by atoms with van der Waals surface area (Å²) in [5, 5.41) is 23.4. The molecule has 0 spiro atoms. The minimum absolute atomic E-state index is 1.08. The van der Waals surface area contributed by atoms with Crippen LogP contribution in [-0.2, 0) is 12.8 Å². The van der Waals surface area contributed by atoms with E-state index >= 15 is 0 Å². The minimum atomic E-state index is 1.08. The molecule has 17 rings (SSSR count). The molecule has 0 saturated heterocycles. The topological polar surface area (TPSA) is 0 Å². The lowest BCUT2D eigenvalue weighted by Crippen LogP contribution is -2.02. The summed E-state index contributed by atoms with van der Waals surface area (Å²) in [4.78, 5) is 0. The molecule has 0 atom stereocenters. The van der Waals surface area contributed by atoms with Gasteiger partial charge in [-0.05, 0) is 188 Å². The fourth-order valence-electron chi connectivity index (χ4n) is 14.4. The molecule has 0 nitrogen and oxygen atoms in total. The van der Waals surface area contributed by atoms with Gasteiger partial charge in [-0.25, -0.2) is 0 Å². The predicted molar refractivity (Wildman–Crippen MR) is 347 cm³/mol.